The van der Waals surface area contributed by atoms with Crippen LogP contribution in [0.2, 0.25) is 0 Å². The van der Waals surface area contributed by atoms with Crippen molar-refractivity contribution in [2.75, 3.05) is 36.0 Å². The molecule has 1 aliphatic heterocycles. The molecule has 2 aromatic carbocycles. The molecule has 0 unspecified atom stereocenters. The van der Waals surface area contributed by atoms with Gasteiger partial charge in [-0.05, 0) is 35.1 Å². The molecule has 1 aromatic heterocycles. The van der Waals surface area contributed by atoms with Gasteiger partial charge in [0.25, 0.3) is 0 Å². The molecule has 30 heavy (non-hydrogen) atoms. The minimum atomic E-state index is -0.347. The fraction of sp³-hybridized carbons (Fsp3) is 0.417. The number of aliphatic hydroxyl groups is 1. The number of aromatic amines is 1. The molecule has 6 heteroatoms. The summed E-state index contributed by atoms with van der Waals surface area (Å²) in [6, 6.07) is 16.5. The number of rotatable bonds is 6. The first-order chi connectivity index (χ1) is 14.6. The zero-order valence-corrected chi connectivity index (χ0v) is 17.6. The molecule has 1 atom stereocenters. The van der Waals surface area contributed by atoms with E-state index >= 15 is 0 Å². The Labute approximate surface area is 177 Å². The fourth-order valence-electron chi connectivity index (χ4n) is 4.37. The van der Waals surface area contributed by atoms with Crippen molar-refractivity contribution in [1.29, 1.82) is 0 Å². The molecule has 0 amide bonds. The summed E-state index contributed by atoms with van der Waals surface area (Å²) in [5.41, 5.74) is 0.810. The first-order valence-electron chi connectivity index (χ1n) is 10.8. The molecule has 0 saturated carbocycles. The second kappa shape index (κ2) is 9.30. The zero-order valence-electron chi connectivity index (χ0n) is 17.6. The maximum atomic E-state index is 12.4. The van der Waals surface area contributed by atoms with Crippen LogP contribution in [0.1, 0.15) is 31.7 Å². The van der Waals surface area contributed by atoms with Gasteiger partial charge in [0.05, 0.1) is 6.61 Å². The quantitative estimate of drug-likeness (QED) is 0.655. The Bertz CT molecular complexity index is 1040. The van der Waals surface area contributed by atoms with E-state index in [2.05, 4.69) is 46.1 Å². The Balaban J connectivity index is 1.67. The minimum absolute atomic E-state index is 0.00516. The average Bonchev–Trinajstić information content (AvgIpc) is 2.97. The van der Waals surface area contributed by atoms with Gasteiger partial charge in [0.2, 0.25) is 0 Å². The van der Waals surface area contributed by atoms with Gasteiger partial charge in [0.1, 0.15) is 11.6 Å². The first kappa shape index (κ1) is 20.4. The summed E-state index contributed by atoms with van der Waals surface area (Å²) in [6.07, 6.45) is 3.54. The van der Waals surface area contributed by atoms with Crippen LogP contribution in [0, 0.1) is 5.92 Å². The summed E-state index contributed by atoms with van der Waals surface area (Å²) in [7, 11) is 0. The predicted molar refractivity (Wildman–Crippen MR) is 122 cm³/mol. The van der Waals surface area contributed by atoms with E-state index in [0.29, 0.717) is 24.8 Å². The number of benzene rings is 2. The van der Waals surface area contributed by atoms with Crippen molar-refractivity contribution < 1.29 is 5.11 Å². The number of H-pyrrole nitrogens is 1. The highest BCUT2D eigenvalue weighted by atomic mass is 16.3. The highest BCUT2D eigenvalue weighted by Gasteiger charge is 2.19. The lowest BCUT2D eigenvalue weighted by Crippen LogP contribution is -2.33. The number of aliphatic hydroxyl groups excluding tert-OH is 1. The molecule has 6 nitrogen and oxygen atoms in total. The molecule has 2 N–H and O–H groups in total. The highest BCUT2D eigenvalue weighted by Crippen LogP contribution is 2.25. The van der Waals surface area contributed by atoms with E-state index in [4.69, 9.17) is 0 Å². The number of aromatic nitrogens is 2. The Hall–Kier alpha value is -2.86. The average molecular weight is 407 g/mol. The van der Waals surface area contributed by atoms with E-state index in [0.717, 1.165) is 30.9 Å². The highest BCUT2D eigenvalue weighted by molar-refractivity contribution is 5.85. The Morgan fingerprint density at radius 3 is 2.90 bits per heavy atom. The van der Waals surface area contributed by atoms with Crippen LogP contribution < -0.4 is 15.5 Å². The third-order valence-electron chi connectivity index (χ3n) is 5.90. The Morgan fingerprint density at radius 1 is 1.20 bits per heavy atom. The molecule has 1 saturated heterocycles. The van der Waals surface area contributed by atoms with Gasteiger partial charge in [-0.2, -0.15) is 4.98 Å². The normalized spacial score (nSPS) is 17.1. The minimum Gasteiger partial charge on any atom is -0.395 e. The van der Waals surface area contributed by atoms with E-state index in [9.17, 15) is 9.90 Å². The lowest BCUT2D eigenvalue weighted by atomic mass is 10.0. The van der Waals surface area contributed by atoms with Crippen molar-refractivity contribution >= 4 is 22.4 Å². The van der Waals surface area contributed by atoms with Gasteiger partial charge in [-0.1, -0.05) is 55.8 Å². The third kappa shape index (κ3) is 4.65. The van der Waals surface area contributed by atoms with Crippen LogP contribution in [0.4, 0.5) is 11.6 Å². The first-order valence-corrected chi connectivity index (χ1v) is 10.8. The van der Waals surface area contributed by atoms with Gasteiger partial charge in [-0.3, -0.25) is 4.98 Å². The van der Waals surface area contributed by atoms with Crippen LogP contribution in [0.15, 0.2) is 53.3 Å². The van der Waals surface area contributed by atoms with Crippen molar-refractivity contribution in [2.45, 2.75) is 32.7 Å². The molecule has 0 spiro atoms. The van der Waals surface area contributed by atoms with Crippen LogP contribution in [0.5, 0.6) is 0 Å². The molecule has 0 radical (unpaired) electrons. The van der Waals surface area contributed by atoms with Gasteiger partial charge >= 0.3 is 5.69 Å². The van der Waals surface area contributed by atoms with Gasteiger partial charge in [-0.25, -0.2) is 4.79 Å². The standard InChI is InChI=1S/C24H30N4O2/c1-18-7-4-5-12-27(16-18)22-15-23(26-24(30)25-22)28(13-14-29)17-20-10-6-9-19-8-2-3-11-21(19)20/h2-3,6,8-11,15,18,29H,4-5,7,12-14,16-17H2,1H3,(H,25,26,30)/t18-/m1/s1. The van der Waals surface area contributed by atoms with E-state index in [1.807, 2.05) is 29.2 Å². The van der Waals surface area contributed by atoms with Crippen LogP contribution in [0.25, 0.3) is 10.8 Å². The number of hydrogen-bond acceptors (Lipinski definition) is 5. The molecule has 3 aromatic rings. The molecule has 1 aliphatic rings. The van der Waals surface area contributed by atoms with Gasteiger partial charge in [0, 0.05) is 32.2 Å². The number of hydrogen-bond donors (Lipinski definition) is 2. The summed E-state index contributed by atoms with van der Waals surface area (Å²) in [5.74, 6) is 2.01. The summed E-state index contributed by atoms with van der Waals surface area (Å²) in [6.45, 7) is 5.12. The molecule has 0 bridgehead atoms. The number of anilines is 2. The zero-order chi connectivity index (χ0) is 20.9. The van der Waals surface area contributed by atoms with Crippen LogP contribution in [-0.2, 0) is 6.54 Å². The second-order valence-electron chi connectivity index (χ2n) is 8.26. The van der Waals surface area contributed by atoms with Gasteiger partial charge in [0.15, 0.2) is 0 Å². The topological polar surface area (TPSA) is 72.5 Å². The van der Waals surface area contributed by atoms with Crippen molar-refractivity contribution in [1.82, 2.24) is 9.97 Å². The summed E-state index contributed by atoms with van der Waals surface area (Å²) < 4.78 is 0. The molecule has 2 heterocycles. The van der Waals surface area contributed by atoms with E-state index in [1.165, 1.54) is 23.6 Å². The van der Waals surface area contributed by atoms with E-state index in [1.54, 1.807) is 0 Å². The maximum Gasteiger partial charge on any atom is 0.348 e. The number of nitrogens with zero attached hydrogens (tertiary/aromatic N) is 3. The monoisotopic (exact) mass is 406 g/mol. The predicted octanol–water partition coefficient (Wildman–Crippen LogP) is 3.55. The van der Waals surface area contributed by atoms with E-state index < -0.39 is 0 Å². The molecule has 4 rings (SSSR count). The molecule has 0 aliphatic carbocycles. The lowest BCUT2D eigenvalue weighted by molar-refractivity contribution is 0.301. The van der Waals surface area contributed by atoms with Gasteiger partial charge < -0.3 is 14.9 Å². The molecule has 158 valence electrons. The van der Waals surface area contributed by atoms with Crippen molar-refractivity contribution in [3.8, 4) is 0 Å². The van der Waals surface area contributed by atoms with Crippen LogP contribution in [0.3, 0.4) is 0 Å². The van der Waals surface area contributed by atoms with Gasteiger partial charge in [-0.15, -0.1) is 0 Å². The Kier molecular flexibility index (Phi) is 6.33. The maximum absolute atomic E-state index is 12.4. The fourth-order valence-corrected chi connectivity index (χ4v) is 4.37. The smallest absolute Gasteiger partial charge is 0.348 e. The third-order valence-corrected chi connectivity index (χ3v) is 5.90. The lowest BCUT2D eigenvalue weighted by Gasteiger charge is -2.27. The number of nitrogens with one attached hydrogen (secondary N) is 1. The van der Waals surface area contributed by atoms with Crippen molar-refractivity contribution in [3.63, 3.8) is 0 Å². The summed E-state index contributed by atoms with van der Waals surface area (Å²) in [4.78, 5) is 23.8. The SMILES string of the molecule is C[C@@H]1CCCCN(c2cc(N(CCO)Cc3cccc4ccccc34)[nH]c(=O)n2)C1. The van der Waals surface area contributed by atoms with Crippen molar-refractivity contribution in [2.24, 2.45) is 5.92 Å². The van der Waals surface area contributed by atoms with E-state index in [-0.39, 0.29) is 12.3 Å². The summed E-state index contributed by atoms with van der Waals surface area (Å²) in [5, 5.41) is 12.1. The molecular formula is C24H30N4O2. The largest absolute Gasteiger partial charge is 0.395 e. The van der Waals surface area contributed by atoms with Crippen LogP contribution in [-0.4, -0.2) is 41.3 Å². The molecular weight excluding hydrogens is 376 g/mol. The summed E-state index contributed by atoms with van der Waals surface area (Å²) >= 11 is 0. The van der Waals surface area contributed by atoms with Crippen LogP contribution >= 0.6 is 0 Å². The number of fused-ring (bicyclic) bond motifs is 1. The second-order valence-corrected chi connectivity index (χ2v) is 8.26. The van der Waals surface area contributed by atoms with Crippen molar-refractivity contribution in [3.05, 3.63) is 64.6 Å². The Morgan fingerprint density at radius 2 is 2.03 bits per heavy atom. The molecule has 1 fully saturated rings.